The molecule has 3 N–H and O–H groups in total. The largest absolute Gasteiger partial charge is 0.378 e. The second-order valence-electron chi connectivity index (χ2n) is 5.38. The Kier molecular flexibility index (Phi) is 5.46. The molecule has 112 valence electrons. The van der Waals surface area contributed by atoms with E-state index in [4.69, 9.17) is 10.6 Å². The summed E-state index contributed by atoms with van der Waals surface area (Å²) in [6.07, 6.45) is 4.74. The van der Waals surface area contributed by atoms with Crippen LogP contribution in [0.15, 0.2) is 12.1 Å². The van der Waals surface area contributed by atoms with Crippen molar-refractivity contribution in [2.24, 2.45) is 5.84 Å². The van der Waals surface area contributed by atoms with Gasteiger partial charge < -0.3 is 4.74 Å². The number of hydrazine groups is 1. The molecule has 3 nitrogen and oxygen atoms in total. The Morgan fingerprint density at radius 1 is 1.40 bits per heavy atom. The van der Waals surface area contributed by atoms with Crippen molar-refractivity contribution in [3.8, 4) is 0 Å². The Labute approximate surface area is 118 Å². The van der Waals surface area contributed by atoms with Crippen LogP contribution >= 0.6 is 0 Å². The van der Waals surface area contributed by atoms with E-state index in [0.29, 0.717) is 12.0 Å². The predicted molar refractivity (Wildman–Crippen MR) is 74.0 cm³/mol. The molecule has 20 heavy (non-hydrogen) atoms. The van der Waals surface area contributed by atoms with Gasteiger partial charge in [-0.05, 0) is 50.7 Å². The van der Waals surface area contributed by atoms with Crippen molar-refractivity contribution in [2.75, 3.05) is 6.61 Å². The zero-order valence-electron chi connectivity index (χ0n) is 11.8. The van der Waals surface area contributed by atoms with Crippen LogP contribution in [0.4, 0.5) is 8.78 Å². The molecule has 1 aliphatic heterocycles. The summed E-state index contributed by atoms with van der Waals surface area (Å²) < 4.78 is 33.6. The zero-order valence-corrected chi connectivity index (χ0v) is 11.8. The molecule has 0 aromatic heterocycles. The quantitative estimate of drug-likeness (QED) is 0.645. The Balaban J connectivity index is 2.06. The summed E-state index contributed by atoms with van der Waals surface area (Å²) in [4.78, 5) is 0. The number of halogens is 2. The van der Waals surface area contributed by atoms with Crippen LogP contribution in [0.1, 0.15) is 49.3 Å². The first-order valence-electron chi connectivity index (χ1n) is 7.15. The molecule has 1 aliphatic rings. The number of aryl methyl sites for hydroxylation is 1. The second-order valence-corrected chi connectivity index (χ2v) is 5.38. The Hall–Kier alpha value is -1.04. The number of nitrogens with one attached hydrogen (secondary N) is 1. The monoisotopic (exact) mass is 284 g/mol. The molecular weight excluding hydrogens is 262 g/mol. The summed E-state index contributed by atoms with van der Waals surface area (Å²) in [5.74, 6) is 4.41. The predicted octanol–water partition coefficient (Wildman–Crippen LogP) is 3.13. The molecule has 1 aromatic rings. The van der Waals surface area contributed by atoms with Gasteiger partial charge in [-0.1, -0.05) is 6.07 Å². The Morgan fingerprint density at radius 2 is 2.20 bits per heavy atom. The van der Waals surface area contributed by atoms with Gasteiger partial charge in [0.25, 0.3) is 0 Å². The summed E-state index contributed by atoms with van der Waals surface area (Å²) in [5.41, 5.74) is 2.99. The molecule has 0 amide bonds. The zero-order chi connectivity index (χ0) is 14.5. The molecule has 2 unspecified atom stereocenters. The van der Waals surface area contributed by atoms with Gasteiger partial charge in [0.1, 0.15) is 11.6 Å². The van der Waals surface area contributed by atoms with E-state index in [2.05, 4.69) is 5.43 Å². The molecule has 2 atom stereocenters. The van der Waals surface area contributed by atoms with Gasteiger partial charge >= 0.3 is 0 Å². The summed E-state index contributed by atoms with van der Waals surface area (Å²) in [5, 5.41) is 0. The topological polar surface area (TPSA) is 47.3 Å². The number of hydrogen-bond acceptors (Lipinski definition) is 3. The summed E-state index contributed by atoms with van der Waals surface area (Å²) in [6.45, 7) is 2.40. The first-order valence-corrected chi connectivity index (χ1v) is 7.15. The fraction of sp³-hybridized carbons (Fsp3) is 0.600. The molecule has 5 heteroatoms. The van der Waals surface area contributed by atoms with Gasteiger partial charge in [-0.15, -0.1) is 0 Å². The lowest BCUT2D eigenvalue weighted by molar-refractivity contribution is 0.00842. The minimum Gasteiger partial charge on any atom is -0.378 e. The molecule has 0 bridgehead atoms. The number of rotatable bonds is 5. The van der Waals surface area contributed by atoms with Crippen LogP contribution in [0.25, 0.3) is 0 Å². The van der Waals surface area contributed by atoms with Gasteiger partial charge in [0, 0.05) is 12.2 Å². The lowest BCUT2D eigenvalue weighted by atomic mass is 9.96. The highest BCUT2D eigenvalue weighted by molar-refractivity contribution is 5.29. The normalized spacial score (nSPS) is 20.9. The van der Waals surface area contributed by atoms with E-state index in [9.17, 15) is 8.78 Å². The van der Waals surface area contributed by atoms with Crippen molar-refractivity contribution in [3.63, 3.8) is 0 Å². The van der Waals surface area contributed by atoms with Crippen LogP contribution in [-0.4, -0.2) is 12.7 Å². The second kappa shape index (κ2) is 7.11. The maximum absolute atomic E-state index is 14.1. The molecule has 1 aromatic carbocycles. The van der Waals surface area contributed by atoms with Crippen molar-refractivity contribution in [2.45, 2.75) is 51.2 Å². The average Bonchev–Trinajstić information content (AvgIpc) is 2.47. The number of ether oxygens (including phenoxy) is 1. The number of nitrogens with two attached hydrogens (primary N) is 1. The Bertz CT molecular complexity index is 448. The van der Waals surface area contributed by atoms with E-state index in [0.717, 1.165) is 32.3 Å². The Morgan fingerprint density at radius 3 is 2.85 bits per heavy atom. The third-order valence-corrected chi connectivity index (χ3v) is 3.92. The van der Waals surface area contributed by atoms with Crippen LogP contribution in [0.3, 0.4) is 0 Å². The molecule has 0 aliphatic carbocycles. The lowest BCUT2D eigenvalue weighted by Gasteiger charge is -2.25. The van der Waals surface area contributed by atoms with Crippen LogP contribution in [0.5, 0.6) is 0 Å². The molecule has 1 heterocycles. The van der Waals surface area contributed by atoms with E-state index < -0.39 is 17.7 Å². The first kappa shape index (κ1) is 15.4. The van der Waals surface area contributed by atoms with Crippen LogP contribution in [0, 0.1) is 18.6 Å². The number of benzene rings is 1. The van der Waals surface area contributed by atoms with Gasteiger partial charge in [0.05, 0.1) is 12.1 Å². The first-order chi connectivity index (χ1) is 9.63. The lowest BCUT2D eigenvalue weighted by Crippen LogP contribution is -2.31. The summed E-state index contributed by atoms with van der Waals surface area (Å²) >= 11 is 0. The van der Waals surface area contributed by atoms with E-state index in [1.54, 1.807) is 6.92 Å². The third kappa shape index (κ3) is 3.53. The van der Waals surface area contributed by atoms with Crippen molar-refractivity contribution in [1.29, 1.82) is 0 Å². The molecule has 1 saturated heterocycles. The standard InChI is InChI=1S/C15H22F2N2O/c1-10-5-7-12(16)14(15(10)17)13(19-18)8-6-11-4-2-3-9-20-11/h5,7,11,13,19H,2-4,6,8-9,18H2,1H3. The van der Waals surface area contributed by atoms with Crippen LogP contribution in [-0.2, 0) is 4.74 Å². The van der Waals surface area contributed by atoms with Crippen LogP contribution in [0.2, 0.25) is 0 Å². The summed E-state index contributed by atoms with van der Waals surface area (Å²) in [6, 6.07) is 2.20. The van der Waals surface area contributed by atoms with E-state index in [1.807, 2.05) is 0 Å². The third-order valence-electron chi connectivity index (χ3n) is 3.92. The van der Waals surface area contributed by atoms with Gasteiger partial charge in [-0.2, -0.15) is 0 Å². The molecule has 0 spiro atoms. The maximum Gasteiger partial charge on any atom is 0.133 e. The molecule has 0 radical (unpaired) electrons. The molecule has 1 fully saturated rings. The maximum atomic E-state index is 14.1. The highest BCUT2D eigenvalue weighted by atomic mass is 19.1. The fourth-order valence-corrected chi connectivity index (χ4v) is 2.70. The smallest absolute Gasteiger partial charge is 0.133 e. The molecular formula is C15H22F2N2O. The molecule has 0 saturated carbocycles. The minimum absolute atomic E-state index is 0.0308. The van der Waals surface area contributed by atoms with Gasteiger partial charge in [-0.3, -0.25) is 11.3 Å². The van der Waals surface area contributed by atoms with E-state index in [1.165, 1.54) is 12.1 Å². The fourth-order valence-electron chi connectivity index (χ4n) is 2.70. The highest BCUT2D eigenvalue weighted by Gasteiger charge is 2.23. The molecule has 2 rings (SSSR count). The van der Waals surface area contributed by atoms with E-state index >= 15 is 0 Å². The van der Waals surface area contributed by atoms with Crippen LogP contribution < -0.4 is 11.3 Å². The summed E-state index contributed by atoms with van der Waals surface area (Å²) in [7, 11) is 0. The van der Waals surface area contributed by atoms with Gasteiger partial charge in [0.15, 0.2) is 0 Å². The SMILES string of the molecule is Cc1ccc(F)c(C(CCC2CCCCO2)NN)c1F. The van der Waals surface area contributed by atoms with Gasteiger partial charge in [0.2, 0.25) is 0 Å². The number of hydrogen-bond donors (Lipinski definition) is 2. The van der Waals surface area contributed by atoms with E-state index in [-0.39, 0.29) is 11.7 Å². The highest BCUT2D eigenvalue weighted by Crippen LogP contribution is 2.28. The van der Waals surface area contributed by atoms with Crippen molar-refractivity contribution < 1.29 is 13.5 Å². The van der Waals surface area contributed by atoms with Gasteiger partial charge in [-0.25, -0.2) is 8.78 Å². The average molecular weight is 284 g/mol. The van der Waals surface area contributed by atoms with Crippen molar-refractivity contribution >= 4 is 0 Å². The minimum atomic E-state index is -0.555. The van der Waals surface area contributed by atoms with Crippen molar-refractivity contribution in [3.05, 3.63) is 34.9 Å². The van der Waals surface area contributed by atoms with Crippen molar-refractivity contribution in [1.82, 2.24) is 5.43 Å².